The zero-order chi connectivity index (χ0) is 15.2. The van der Waals surface area contributed by atoms with Crippen molar-refractivity contribution < 1.29 is 14.3 Å². The van der Waals surface area contributed by atoms with Crippen molar-refractivity contribution in [2.45, 2.75) is 20.4 Å². The molecule has 0 aromatic heterocycles. The summed E-state index contributed by atoms with van der Waals surface area (Å²) in [5.74, 6) is -0.0993. The average molecular weight is 290 g/mol. The number of rotatable bonds is 4. The van der Waals surface area contributed by atoms with E-state index in [0.29, 0.717) is 32.8 Å². The number of benzene rings is 1. The number of hydrogen-bond acceptors (Lipinski definition) is 3. The Hall–Kier alpha value is -1.88. The Morgan fingerprint density at radius 1 is 1.19 bits per heavy atom. The van der Waals surface area contributed by atoms with E-state index in [0.717, 1.165) is 5.56 Å². The molecular weight excluding hydrogens is 268 g/mol. The van der Waals surface area contributed by atoms with Gasteiger partial charge in [-0.15, -0.1) is 0 Å². The first-order chi connectivity index (χ1) is 10.1. The number of carbonyl (C=O) groups is 2. The molecule has 0 aliphatic carbocycles. The van der Waals surface area contributed by atoms with Crippen LogP contribution in [0.3, 0.4) is 0 Å². The number of carbonyl (C=O) groups excluding carboxylic acids is 2. The molecule has 1 saturated heterocycles. The normalized spacial score (nSPS) is 14.9. The number of nitrogens with zero attached hydrogens (tertiary/aromatic N) is 2. The zero-order valence-corrected chi connectivity index (χ0v) is 12.7. The molecule has 2 amide bonds. The van der Waals surface area contributed by atoms with Crippen molar-refractivity contribution in [2.24, 2.45) is 0 Å². The molecule has 5 nitrogen and oxygen atoms in total. The van der Waals surface area contributed by atoms with Gasteiger partial charge in [-0.2, -0.15) is 0 Å². The van der Waals surface area contributed by atoms with Crippen molar-refractivity contribution in [1.29, 1.82) is 0 Å². The molecule has 0 bridgehead atoms. The van der Waals surface area contributed by atoms with E-state index >= 15 is 0 Å². The highest BCUT2D eigenvalue weighted by molar-refractivity contribution is 5.83. The summed E-state index contributed by atoms with van der Waals surface area (Å²) in [6.07, 6.45) is 0. The molecule has 1 aromatic rings. The summed E-state index contributed by atoms with van der Waals surface area (Å²) in [5.41, 5.74) is 2.21. The van der Waals surface area contributed by atoms with E-state index in [9.17, 15) is 9.59 Å². The third-order valence-corrected chi connectivity index (χ3v) is 3.63. The van der Waals surface area contributed by atoms with Gasteiger partial charge in [0.15, 0.2) is 0 Å². The van der Waals surface area contributed by atoms with Gasteiger partial charge in [-0.1, -0.05) is 29.8 Å². The standard InChI is InChI=1S/C16H22N2O3/c1-13-3-5-15(6-4-13)11-18(14(2)19)12-16(20)17-7-9-21-10-8-17/h3-6H,7-12H2,1-2H3. The SMILES string of the molecule is CC(=O)N(CC(=O)N1CCOCC1)Cc1ccc(C)cc1. The highest BCUT2D eigenvalue weighted by atomic mass is 16.5. The van der Waals surface area contributed by atoms with Crippen molar-refractivity contribution in [3.05, 3.63) is 35.4 Å². The smallest absolute Gasteiger partial charge is 0.242 e. The lowest BCUT2D eigenvalue weighted by molar-refractivity contribution is -0.142. The topological polar surface area (TPSA) is 49.9 Å². The van der Waals surface area contributed by atoms with Crippen molar-refractivity contribution in [2.75, 3.05) is 32.8 Å². The molecule has 0 atom stereocenters. The van der Waals surface area contributed by atoms with Crippen molar-refractivity contribution in [3.63, 3.8) is 0 Å². The van der Waals surface area contributed by atoms with Crippen LogP contribution in [-0.4, -0.2) is 54.5 Å². The van der Waals surface area contributed by atoms with Crippen LogP contribution in [0.15, 0.2) is 24.3 Å². The van der Waals surface area contributed by atoms with Gasteiger partial charge in [-0.25, -0.2) is 0 Å². The number of morpholine rings is 1. The molecule has 1 heterocycles. The van der Waals surface area contributed by atoms with E-state index in [2.05, 4.69) is 0 Å². The summed E-state index contributed by atoms with van der Waals surface area (Å²) in [6, 6.07) is 8.00. The van der Waals surface area contributed by atoms with Crippen molar-refractivity contribution in [3.8, 4) is 0 Å². The second-order valence-electron chi connectivity index (χ2n) is 5.35. The Morgan fingerprint density at radius 2 is 1.81 bits per heavy atom. The van der Waals surface area contributed by atoms with Crippen LogP contribution >= 0.6 is 0 Å². The van der Waals surface area contributed by atoms with Crippen LogP contribution in [0.25, 0.3) is 0 Å². The number of ether oxygens (including phenoxy) is 1. The third-order valence-electron chi connectivity index (χ3n) is 3.63. The second kappa shape index (κ2) is 7.22. The van der Waals surface area contributed by atoms with Gasteiger partial charge >= 0.3 is 0 Å². The van der Waals surface area contributed by atoms with Gasteiger partial charge < -0.3 is 14.5 Å². The van der Waals surface area contributed by atoms with Crippen LogP contribution in [0, 0.1) is 6.92 Å². The molecule has 0 unspecified atom stereocenters. The first kappa shape index (κ1) is 15.5. The van der Waals surface area contributed by atoms with Gasteiger partial charge in [-0.3, -0.25) is 9.59 Å². The van der Waals surface area contributed by atoms with Crippen LogP contribution in [0.5, 0.6) is 0 Å². The van der Waals surface area contributed by atoms with Crippen molar-refractivity contribution >= 4 is 11.8 Å². The minimum Gasteiger partial charge on any atom is -0.378 e. The zero-order valence-electron chi connectivity index (χ0n) is 12.7. The summed E-state index contributed by atoms with van der Waals surface area (Å²) in [4.78, 5) is 27.3. The Morgan fingerprint density at radius 3 is 2.38 bits per heavy atom. The Labute approximate surface area is 125 Å². The van der Waals surface area contributed by atoms with Crippen LogP contribution in [0.1, 0.15) is 18.1 Å². The maximum Gasteiger partial charge on any atom is 0.242 e. The summed E-state index contributed by atoms with van der Waals surface area (Å²) in [6.45, 7) is 6.47. The van der Waals surface area contributed by atoms with E-state index in [1.54, 1.807) is 9.80 Å². The minimum absolute atomic E-state index is 0.0133. The number of amides is 2. The summed E-state index contributed by atoms with van der Waals surface area (Å²) in [5, 5.41) is 0. The van der Waals surface area contributed by atoms with Gasteiger partial charge in [0.2, 0.25) is 11.8 Å². The van der Waals surface area contributed by atoms with E-state index in [1.165, 1.54) is 12.5 Å². The van der Waals surface area contributed by atoms with Gasteiger partial charge in [0.25, 0.3) is 0 Å². The fraction of sp³-hybridized carbons (Fsp3) is 0.500. The fourth-order valence-electron chi connectivity index (χ4n) is 2.27. The number of aryl methyl sites for hydroxylation is 1. The van der Waals surface area contributed by atoms with Crippen LogP contribution in [0.2, 0.25) is 0 Å². The predicted molar refractivity (Wildman–Crippen MR) is 79.7 cm³/mol. The molecule has 0 N–H and O–H groups in total. The minimum atomic E-state index is -0.0859. The molecule has 1 aromatic carbocycles. The van der Waals surface area contributed by atoms with Crippen LogP contribution in [0.4, 0.5) is 0 Å². The molecule has 0 saturated carbocycles. The molecule has 0 spiro atoms. The first-order valence-corrected chi connectivity index (χ1v) is 7.23. The molecule has 21 heavy (non-hydrogen) atoms. The van der Waals surface area contributed by atoms with Gasteiger partial charge in [-0.05, 0) is 12.5 Å². The lowest BCUT2D eigenvalue weighted by Gasteiger charge is -2.29. The maximum absolute atomic E-state index is 12.2. The molecule has 1 aliphatic heterocycles. The van der Waals surface area contributed by atoms with Gasteiger partial charge in [0.1, 0.15) is 6.54 Å². The van der Waals surface area contributed by atoms with Crippen molar-refractivity contribution in [1.82, 2.24) is 9.80 Å². The molecular formula is C16H22N2O3. The molecule has 2 rings (SSSR count). The van der Waals surface area contributed by atoms with E-state index < -0.39 is 0 Å². The quantitative estimate of drug-likeness (QED) is 0.837. The molecule has 1 aliphatic rings. The molecule has 1 fully saturated rings. The Bertz CT molecular complexity index is 493. The van der Waals surface area contributed by atoms with E-state index in [4.69, 9.17) is 4.74 Å². The van der Waals surface area contributed by atoms with Crippen LogP contribution in [-0.2, 0) is 20.9 Å². The van der Waals surface area contributed by atoms with Gasteiger partial charge in [0.05, 0.1) is 13.2 Å². The molecule has 5 heteroatoms. The monoisotopic (exact) mass is 290 g/mol. The lowest BCUT2D eigenvalue weighted by atomic mass is 10.1. The highest BCUT2D eigenvalue weighted by Gasteiger charge is 2.21. The largest absolute Gasteiger partial charge is 0.378 e. The van der Waals surface area contributed by atoms with Gasteiger partial charge in [0, 0.05) is 26.6 Å². The molecule has 0 radical (unpaired) electrons. The maximum atomic E-state index is 12.2. The summed E-state index contributed by atoms with van der Waals surface area (Å²) < 4.78 is 5.23. The third kappa shape index (κ3) is 4.56. The summed E-state index contributed by atoms with van der Waals surface area (Å²) in [7, 11) is 0. The Balaban J connectivity index is 1.96. The van der Waals surface area contributed by atoms with E-state index in [-0.39, 0.29) is 18.4 Å². The second-order valence-corrected chi connectivity index (χ2v) is 5.35. The fourth-order valence-corrected chi connectivity index (χ4v) is 2.27. The highest BCUT2D eigenvalue weighted by Crippen LogP contribution is 2.08. The summed E-state index contributed by atoms with van der Waals surface area (Å²) >= 11 is 0. The lowest BCUT2D eigenvalue weighted by Crippen LogP contribution is -2.46. The average Bonchev–Trinajstić information content (AvgIpc) is 2.49. The predicted octanol–water partition coefficient (Wildman–Crippen LogP) is 1.20. The van der Waals surface area contributed by atoms with Crippen LogP contribution < -0.4 is 0 Å². The number of hydrogen-bond donors (Lipinski definition) is 0. The Kier molecular flexibility index (Phi) is 5.33. The first-order valence-electron chi connectivity index (χ1n) is 7.23. The molecule has 114 valence electrons. The van der Waals surface area contributed by atoms with E-state index in [1.807, 2.05) is 31.2 Å².